The SMILES string of the molecule is CC(/C=C/C1(O)C2(C)COC1(C)CC(O[C@@H]1O[C@H](CO)[C@@H](O)[C@H](O)[C@H]1O)C2)=C\C(=O)O[C@@H]1O[C@H](CO)[C@@H](O)[C@H](O)[C@H]1O. The first-order valence-electron chi connectivity index (χ1n) is 13.8. The van der Waals surface area contributed by atoms with E-state index < -0.39 is 103 Å². The molecule has 0 amide bonds. The summed E-state index contributed by atoms with van der Waals surface area (Å²) in [5.74, 6) is -0.943. The number of hydrogen-bond acceptors (Lipinski definition) is 15. The van der Waals surface area contributed by atoms with Crippen molar-refractivity contribution in [3.63, 3.8) is 0 Å². The Kier molecular flexibility index (Phi) is 9.87. The lowest BCUT2D eigenvalue weighted by Crippen LogP contribution is -2.63. The number of rotatable bonds is 8. The molecule has 1 saturated carbocycles. The summed E-state index contributed by atoms with van der Waals surface area (Å²) in [6.07, 6.45) is -11.2. The highest BCUT2D eigenvalue weighted by Gasteiger charge is 2.67. The normalized spacial score (nSPS) is 49.8. The number of aliphatic hydroxyl groups excluding tert-OH is 8. The van der Waals surface area contributed by atoms with Crippen LogP contribution in [0.3, 0.4) is 0 Å². The third-order valence-electron chi connectivity index (χ3n) is 8.92. The molecule has 0 aromatic rings. The second-order valence-electron chi connectivity index (χ2n) is 12.1. The molecule has 3 saturated heterocycles. The molecule has 3 heterocycles. The molecule has 240 valence electrons. The van der Waals surface area contributed by atoms with Crippen molar-refractivity contribution in [2.45, 2.75) is 112 Å². The van der Waals surface area contributed by atoms with Gasteiger partial charge in [0.05, 0.1) is 25.9 Å². The Morgan fingerprint density at radius 1 is 0.857 bits per heavy atom. The minimum Gasteiger partial charge on any atom is -0.430 e. The summed E-state index contributed by atoms with van der Waals surface area (Å²) in [4.78, 5) is 12.5. The fraction of sp³-hybridized carbons (Fsp3) is 0.815. The van der Waals surface area contributed by atoms with Crippen molar-refractivity contribution < 1.29 is 74.4 Å². The smallest absolute Gasteiger partial charge is 0.333 e. The first-order valence-corrected chi connectivity index (χ1v) is 13.8. The molecule has 4 unspecified atom stereocenters. The second kappa shape index (κ2) is 12.4. The zero-order chi connectivity index (χ0) is 31.2. The molecule has 15 heteroatoms. The zero-order valence-electron chi connectivity index (χ0n) is 23.6. The van der Waals surface area contributed by atoms with Crippen LogP contribution >= 0.6 is 0 Å². The number of carbonyl (C=O) groups excluding carboxylic acids is 1. The van der Waals surface area contributed by atoms with Crippen LogP contribution in [0.5, 0.6) is 0 Å². The van der Waals surface area contributed by atoms with Gasteiger partial charge in [-0.05, 0) is 31.9 Å². The monoisotopic (exact) mass is 606 g/mol. The summed E-state index contributed by atoms with van der Waals surface area (Å²) < 4.78 is 27.7. The Bertz CT molecular complexity index is 1010. The average molecular weight is 607 g/mol. The van der Waals surface area contributed by atoms with Crippen LogP contribution in [0.1, 0.15) is 33.6 Å². The Morgan fingerprint density at radius 2 is 1.40 bits per heavy atom. The van der Waals surface area contributed by atoms with Crippen LogP contribution in [-0.4, -0.2) is 150 Å². The van der Waals surface area contributed by atoms with E-state index in [4.69, 9.17) is 23.7 Å². The van der Waals surface area contributed by atoms with Gasteiger partial charge in [0.2, 0.25) is 6.29 Å². The number of allylic oxidation sites excluding steroid dienone is 2. The quantitative estimate of drug-likeness (QED) is 0.0734. The summed E-state index contributed by atoms with van der Waals surface area (Å²) in [6, 6.07) is 0. The standard InChI is InChI=1S/C27H42O15/c1-12(6-16(30)42-24-22(36)20(34)18(32)15(10-29)41-24)4-5-27(37)25(2)7-13(8-26(27,3)38-11-25)39-23-21(35)19(33)17(31)14(9-28)40-23/h4-6,13-15,17-24,28-29,31-37H,7-11H2,1-3H3/b5-4+,12-6+/t13?,14-,15-,17-,18-,19+,20+,21-,22-,23-,24+,25?,26?,27?/m1/s1. The number of fused-ring (bicyclic) bond motifs is 2. The number of esters is 1. The first-order chi connectivity index (χ1) is 19.6. The van der Waals surface area contributed by atoms with Crippen molar-refractivity contribution in [1.29, 1.82) is 0 Å². The molecule has 9 N–H and O–H groups in total. The molecule has 4 rings (SSSR count). The highest BCUT2D eigenvalue weighted by Crippen LogP contribution is 2.58. The summed E-state index contributed by atoms with van der Waals surface area (Å²) >= 11 is 0. The second-order valence-corrected chi connectivity index (χ2v) is 12.1. The van der Waals surface area contributed by atoms with Crippen molar-refractivity contribution >= 4 is 5.97 Å². The van der Waals surface area contributed by atoms with Gasteiger partial charge in [-0.3, -0.25) is 0 Å². The molecule has 15 nitrogen and oxygen atoms in total. The molecule has 1 aliphatic carbocycles. The Hall–Kier alpha value is -1.57. The lowest BCUT2D eigenvalue weighted by atomic mass is 9.59. The predicted molar refractivity (Wildman–Crippen MR) is 138 cm³/mol. The van der Waals surface area contributed by atoms with Crippen LogP contribution in [0, 0.1) is 5.41 Å². The van der Waals surface area contributed by atoms with Gasteiger partial charge in [-0.15, -0.1) is 0 Å². The summed E-state index contributed by atoms with van der Waals surface area (Å²) in [7, 11) is 0. The van der Waals surface area contributed by atoms with Crippen LogP contribution < -0.4 is 0 Å². The van der Waals surface area contributed by atoms with Crippen molar-refractivity contribution in [3.8, 4) is 0 Å². The van der Waals surface area contributed by atoms with Gasteiger partial charge < -0.3 is 69.6 Å². The highest BCUT2D eigenvalue weighted by atomic mass is 16.7. The largest absolute Gasteiger partial charge is 0.430 e. The molecule has 0 spiro atoms. The predicted octanol–water partition coefficient (Wildman–Crippen LogP) is -3.66. The molecule has 4 fully saturated rings. The molecular weight excluding hydrogens is 564 g/mol. The summed E-state index contributed by atoms with van der Waals surface area (Å²) in [6.45, 7) is 3.93. The highest BCUT2D eigenvalue weighted by molar-refractivity contribution is 5.83. The molecule has 4 aliphatic rings. The average Bonchev–Trinajstić information content (AvgIpc) is 3.03. The van der Waals surface area contributed by atoms with E-state index in [1.54, 1.807) is 20.8 Å². The van der Waals surface area contributed by atoms with Gasteiger partial charge in [0.25, 0.3) is 0 Å². The molecular formula is C27H42O15. The molecule has 2 bridgehead atoms. The van der Waals surface area contributed by atoms with Crippen LogP contribution in [0.4, 0.5) is 0 Å². The van der Waals surface area contributed by atoms with E-state index in [9.17, 15) is 50.8 Å². The van der Waals surface area contributed by atoms with Crippen molar-refractivity contribution in [2.75, 3.05) is 19.8 Å². The van der Waals surface area contributed by atoms with Crippen LogP contribution in [-0.2, 0) is 28.5 Å². The number of hydrogen-bond donors (Lipinski definition) is 9. The maximum atomic E-state index is 12.5. The third-order valence-corrected chi connectivity index (χ3v) is 8.92. The fourth-order valence-electron chi connectivity index (χ4n) is 6.26. The molecule has 0 aromatic carbocycles. The number of ether oxygens (including phenoxy) is 5. The topological polar surface area (TPSA) is 245 Å². The molecule has 3 aliphatic heterocycles. The zero-order valence-corrected chi connectivity index (χ0v) is 23.6. The maximum Gasteiger partial charge on any atom is 0.333 e. The van der Waals surface area contributed by atoms with Gasteiger partial charge in [0.1, 0.15) is 60.0 Å². The lowest BCUT2D eigenvalue weighted by Gasteiger charge is -2.51. The van der Waals surface area contributed by atoms with Gasteiger partial charge in [0.15, 0.2) is 6.29 Å². The third kappa shape index (κ3) is 5.91. The van der Waals surface area contributed by atoms with Crippen LogP contribution in [0.15, 0.2) is 23.8 Å². The van der Waals surface area contributed by atoms with E-state index in [-0.39, 0.29) is 19.4 Å². The molecule has 14 atom stereocenters. The van der Waals surface area contributed by atoms with Crippen molar-refractivity contribution in [2.24, 2.45) is 5.41 Å². The van der Waals surface area contributed by atoms with E-state index in [0.717, 1.165) is 6.08 Å². The Labute approximate surface area is 242 Å². The minimum absolute atomic E-state index is 0.153. The Morgan fingerprint density at radius 3 is 1.95 bits per heavy atom. The molecule has 42 heavy (non-hydrogen) atoms. The van der Waals surface area contributed by atoms with Crippen molar-refractivity contribution in [1.82, 2.24) is 0 Å². The van der Waals surface area contributed by atoms with Gasteiger partial charge in [-0.25, -0.2) is 4.79 Å². The van der Waals surface area contributed by atoms with Gasteiger partial charge in [0, 0.05) is 17.9 Å². The summed E-state index contributed by atoms with van der Waals surface area (Å²) in [5, 5.41) is 91.0. The van der Waals surface area contributed by atoms with Crippen LogP contribution in [0.2, 0.25) is 0 Å². The number of aliphatic hydroxyl groups is 9. The number of carbonyl (C=O) groups is 1. The first kappa shape index (κ1) is 33.3. The minimum atomic E-state index is -1.75. The molecule has 0 aromatic heterocycles. The van der Waals surface area contributed by atoms with Crippen LogP contribution in [0.25, 0.3) is 0 Å². The van der Waals surface area contributed by atoms with Crippen molar-refractivity contribution in [3.05, 3.63) is 23.8 Å². The maximum absolute atomic E-state index is 12.5. The van der Waals surface area contributed by atoms with E-state index in [0.29, 0.717) is 5.57 Å². The van der Waals surface area contributed by atoms with Gasteiger partial charge in [-0.2, -0.15) is 0 Å². The van der Waals surface area contributed by atoms with E-state index in [1.807, 2.05) is 0 Å². The van der Waals surface area contributed by atoms with E-state index >= 15 is 0 Å². The van der Waals surface area contributed by atoms with Gasteiger partial charge >= 0.3 is 5.97 Å². The Balaban J connectivity index is 1.42. The van der Waals surface area contributed by atoms with Gasteiger partial charge in [-0.1, -0.05) is 13.0 Å². The molecule has 0 radical (unpaired) electrons. The fourth-order valence-corrected chi connectivity index (χ4v) is 6.26. The lowest BCUT2D eigenvalue weighted by molar-refractivity contribution is -0.319. The van der Waals surface area contributed by atoms with E-state index in [1.165, 1.54) is 12.2 Å². The van der Waals surface area contributed by atoms with E-state index in [2.05, 4.69) is 0 Å². The summed E-state index contributed by atoms with van der Waals surface area (Å²) in [5.41, 5.74) is -3.26.